The molecule has 1 unspecified atom stereocenters. The van der Waals surface area contributed by atoms with E-state index in [1.807, 2.05) is 11.0 Å². The maximum absolute atomic E-state index is 14.0. The van der Waals surface area contributed by atoms with Crippen LogP contribution in [0.2, 0.25) is 0 Å². The molecule has 0 spiro atoms. The second-order valence-electron chi connectivity index (χ2n) is 11.6. The summed E-state index contributed by atoms with van der Waals surface area (Å²) in [6.45, 7) is 9.99. The van der Waals surface area contributed by atoms with Crippen molar-refractivity contribution < 1.29 is 24.2 Å². The van der Waals surface area contributed by atoms with Crippen LogP contribution in [0.3, 0.4) is 0 Å². The van der Waals surface area contributed by atoms with E-state index in [0.29, 0.717) is 23.1 Å². The summed E-state index contributed by atoms with van der Waals surface area (Å²) in [5, 5.41) is 10.1. The minimum Gasteiger partial charge on any atom is -0.477 e. The van der Waals surface area contributed by atoms with Gasteiger partial charge in [-0.1, -0.05) is 27.7 Å². The Kier molecular flexibility index (Phi) is 8.05. The van der Waals surface area contributed by atoms with Gasteiger partial charge in [0.05, 0.1) is 24.5 Å². The molecule has 0 bridgehead atoms. The molecular weight excluding hydrogens is 450 g/mol. The molecule has 2 aliphatic carbocycles. The van der Waals surface area contributed by atoms with E-state index in [2.05, 4.69) is 27.7 Å². The minimum atomic E-state index is -0.941. The average molecular weight is 492 g/mol. The van der Waals surface area contributed by atoms with E-state index in [4.69, 9.17) is 9.47 Å². The van der Waals surface area contributed by atoms with E-state index < -0.39 is 5.97 Å². The predicted octanol–water partition coefficient (Wildman–Crippen LogP) is 6.02. The summed E-state index contributed by atoms with van der Waals surface area (Å²) in [6.07, 6.45) is 8.74. The van der Waals surface area contributed by atoms with Crippen molar-refractivity contribution in [3.8, 4) is 0 Å². The average Bonchev–Trinajstić information content (AvgIpc) is 3.46. The molecule has 1 saturated heterocycles. The fraction of sp³-hybridized carbons (Fsp3) is 0.778. The lowest BCUT2D eigenvalue weighted by Crippen LogP contribution is -2.47. The normalized spacial score (nSPS) is 30.3. The number of nitrogens with zero attached hydrogens (tertiary/aromatic N) is 1. The zero-order valence-electron chi connectivity index (χ0n) is 21.2. The van der Waals surface area contributed by atoms with E-state index in [9.17, 15) is 14.7 Å². The number of aromatic carboxylic acids is 1. The highest BCUT2D eigenvalue weighted by molar-refractivity contribution is 7.14. The minimum absolute atomic E-state index is 0.0135. The number of ether oxygens (including phenoxy) is 2. The van der Waals surface area contributed by atoms with E-state index in [-0.39, 0.29) is 35.5 Å². The lowest BCUT2D eigenvalue weighted by molar-refractivity contribution is -0.124. The van der Waals surface area contributed by atoms with Crippen molar-refractivity contribution in [3.63, 3.8) is 0 Å². The number of hydrogen-bond donors (Lipinski definition) is 1. The lowest BCUT2D eigenvalue weighted by atomic mass is 9.81. The van der Waals surface area contributed by atoms with E-state index in [1.54, 1.807) is 0 Å². The highest BCUT2D eigenvalue weighted by Crippen LogP contribution is 2.42. The highest BCUT2D eigenvalue weighted by atomic mass is 32.1. The third kappa shape index (κ3) is 5.85. The van der Waals surface area contributed by atoms with Crippen molar-refractivity contribution in [2.45, 2.75) is 109 Å². The highest BCUT2D eigenvalue weighted by Gasteiger charge is 2.38. The van der Waals surface area contributed by atoms with Gasteiger partial charge in [0, 0.05) is 23.4 Å². The molecule has 0 radical (unpaired) electrons. The monoisotopic (exact) mass is 491 g/mol. The molecule has 3 aliphatic rings. The molecule has 1 N–H and O–H groups in total. The Labute approximate surface area is 208 Å². The van der Waals surface area contributed by atoms with Gasteiger partial charge < -0.3 is 19.5 Å². The summed E-state index contributed by atoms with van der Waals surface area (Å²) in [6, 6.07) is 2.00. The lowest BCUT2D eigenvalue weighted by Gasteiger charge is -2.40. The van der Waals surface area contributed by atoms with Crippen LogP contribution in [0.1, 0.15) is 100 Å². The van der Waals surface area contributed by atoms with Gasteiger partial charge in [-0.25, -0.2) is 4.79 Å². The van der Waals surface area contributed by atoms with E-state index in [1.165, 1.54) is 11.3 Å². The number of carbonyl (C=O) groups excluding carboxylic acids is 1. The first kappa shape index (κ1) is 25.6. The first-order valence-corrected chi connectivity index (χ1v) is 13.9. The first-order valence-electron chi connectivity index (χ1n) is 13.1. The van der Waals surface area contributed by atoms with Crippen molar-refractivity contribution in [3.05, 3.63) is 15.8 Å². The second-order valence-corrected chi connectivity index (χ2v) is 12.6. The molecule has 1 atom stereocenters. The summed E-state index contributed by atoms with van der Waals surface area (Å²) in [5.74, 6) is -0.168. The van der Waals surface area contributed by atoms with Gasteiger partial charge in [0.25, 0.3) is 0 Å². The predicted molar refractivity (Wildman–Crippen MR) is 135 cm³/mol. The van der Waals surface area contributed by atoms with Crippen molar-refractivity contribution in [1.29, 1.82) is 0 Å². The van der Waals surface area contributed by atoms with Gasteiger partial charge in [0.15, 0.2) is 0 Å². The molecule has 7 heteroatoms. The number of carboxylic acids is 1. The Morgan fingerprint density at radius 2 is 1.71 bits per heavy atom. The van der Waals surface area contributed by atoms with E-state index >= 15 is 0 Å². The van der Waals surface area contributed by atoms with Gasteiger partial charge in [-0.2, -0.15) is 0 Å². The second kappa shape index (κ2) is 10.7. The Bertz CT molecular complexity index is 853. The molecule has 34 heavy (non-hydrogen) atoms. The summed E-state index contributed by atoms with van der Waals surface area (Å²) in [7, 11) is 0. The van der Waals surface area contributed by atoms with Crippen LogP contribution in [0.5, 0.6) is 0 Å². The van der Waals surface area contributed by atoms with Crippen LogP contribution in [0.25, 0.3) is 0 Å². The van der Waals surface area contributed by atoms with Crippen molar-refractivity contribution in [2.75, 3.05) is 18.1 Å². The Balaban J connectivity index is 1.58. The third-order valence-corrected chi connectivity index (χ3v) is 9.33. The van der Waals surface area contributed by atoms with Crippen LogP contribution in [0, 0.1) is 11.8 Å². The fourth-order valence-corrected chi connectivity index (χ4v) is 6.66. The zero-order valence-corrected chi connectivity index (χ0v) is 22.0. The molecule has 6 nitrogen and oxygen atoms in total. The van der Waals surface area contributed by atoms with Crippen molar-refractivity contribution >= 4 is 28.9 Å². The number of amides is 1. The molecule has 2 saturated carbocycles. The standard InChI is InChI=1S/C27H41NO5S/c1-17-5-7-18(8-6-17)25(29)28(22-15-23(27(2,3)4)34-24(22)26(30)31)19-9-11-20(12-10-19)33-21-13-14-32-16-21/h15,17-21H,5-14,16H2,1-4H3,(H,30,31)/t17-,18-,19-,20-,21?. The molecule has 1 aromatic rings. The Hall–Kier alpha value is -1.44. The molecule has 3 fully saturated rings. The number of rotatable bonds is 6. The van der Waals surface area contributed by atoms with Crippen LogP contribution >= 0.6 is 11.3 Å². The fourth-order valence-electron chi connectivity index (χ4n) is 5.61. The summed E-state index contributed by atoms with van der Waals surface area (Å²) in [5.41, 5.74) is 0.441. The number of hydrogen-bond acceptors (Lipinski definition) is 5. The molecule has 190 valence electrons. The van der Waals surface area contributed by atoms with Crippen LogP contribution in [-0.2, 0) is 19.7 Å². The van der Waals surface area contributed by atoms with Gasteiger partial charge in [-0.3, -0.25) is 4.79 Å². The summed E-state index contributed by atoms with van der Waals surface area (Å²) >= 11 is 1.32. The van der Waals surface area contributed by atoms with E-state index in [0.717, 1.165) is 69.3 Å². The maximum atomic E-state index is 14.0. The molecule has 1 amide bonds. The number of thiophene rings is 1. The topological polar surface area (TPSA) is 76.1 Å². The van der Waals surface area contributed by atoms with Gasteiger partial charge in [-0.15, -0.1) is 11.3 Å². The van der Waals surface area contributed by atoms with Crippen LogP contribution in [0.4, 0.5) is 5.69 Å². The summed E-state index contributed by atoms with van der Waals surface area (Å²) in [4.78, 5) is 29.5. The molecular formula is C27H41NO5S. The van der Waals surface area contributed by atoms with Crippen molar-refractivity contribution in [2.24, 2.45) is 11.8 Å². The SMILES string of the molecule is CC(C)(C)c1cc(N(C(=O)[C@H]2CC[C@H](C)CC2)[C@H]2CC[C@H](OC3CCOC3)CC2)c(C(=O)O)s1. The number of carbonyl (C=O) groups is 2. The van der Waals surface area contributed by atoms with Gasteiger partial charge in [0.1, 0.15) is 4.88 Å². The van der Waals surface area contributed by atoms with Crippen molar-refractivity contribution in [1.82, 2.24) is 0 Å². The smallest absolute Gasteiger partial charge is 0.348 e. The largest absolute Gasteiger partial charge is 0.477 e. The maximum Gasteiger partial charge on any atom is 0.348 e. The quantitative estimate of drug-likeness (QED) is 0.527. The summed E-state index contributed by atoms with van der Waals surface area (Å²) < 4.78 is 11.7. The molecule has 4 rings (SSSR count). The van der Waals surface area contributed by atoms with Gasteiger partial charge in [0.2, 0.25) is 5.91 Å². The van der Waals surface area contributed by atoms with Crippen LogP contribution in [0.15, 0.2) is 6.07 Å². The molecule has 2 heterocycles. The van der Waals surface area contributed by atoms with Gasteiger partial charge >= 0.3 is 5.97 Å². The molecule has 1 aromatic heterocycles. The first-order chi connectivity index (χ1) is 16.1. The Morgan fingerprint density at radius 3 is 2.26 bits per heavy atom. The molecule has 1 aliphatic heterocycles. The molecule has 0 aromatic carbocycles. The van der Waals surface area contributed by atoms with Crippen LogP contribution in [-0.4, -0.2) is 48.4 Å². The Morgan fingerprint density at radius 1 is 1.03 bits per heavy atom. The van der Waals surface area contributed by atoms with Crippen LogP contribution < -0.4 is 4.90 Å². The third-order valence-electron chi connectivity index (χ3n) is 7.79. The number of carboxylic acid groups (broad SMARTS) is 1. The van der Waals surface area contributed by atoms with Gasteiger partial charge in [-0.05, 0) is 75.2 Å². The number of anilines is 1. The zero-order chi connectivity index (χ0) is 24.5.